The molecule has 0 radical (unpaired) electrons. The second-order valence-electron chi connectivity index (χ2n) is 7.35. The van der Waals surface area contributed by atoms with Crippen molar-refractivity contribution in [2.75, 3.05) is 36.0 Å². The zero-order chi connectivity index (χ0) is 21.5. The molecule has 3 aromatic rings. The molecule has 0 saturated carbocycles. The Morgan fingerprint density at radius 3 is 2.00 bits per heavy atom. The summed E-state index contributed by atoms with van der Waals surface area (Å²) >= 11 is 0. The van der Waals surface area contributed by atoms with Crippen LogP contribution in [0.3, 0.4) is 0 Å². The predicted octanol–water partition coefficient (Wildman–Crippen LogP) is 3.33. The van der Waals surface area contributed by atoms with Gasteiger partial charge in [0.2, 0.25) is 0 Å². The topological polar surface area (TPSA) is 63.0 Å². The van der Waals surface area contributed by atoms with Gasteiger partial charge in [0, 0.05) is 44.1 Å². The van der Waals surface area contributed by atoms with Crippen molar-refractivity contribution in [3.8, 4) is 5.82 Å². The first-order chi connectivity index (χ1) is 14.2. The maximum absolute atomic E-state index is 12.7. The summed E-state index contributed by atoms with van der Waals surface area (Å²) in [5.41, 5.74) is 1.18. The monoisotopic (exact) mass is 417 g/mol. The van der Waals surface area contributed by atoms with Crippen LogP contribution < -0.4 is 9.80 Å². The number of nitrogens with zero attached hydrogens (tertiary/aromatic N) is 7. The van der Waals surface area contributed by atoms with E-state index >= 15 is 0 Å². The van der Waals surface area contributed by atoms with Gasteiger partial charge in [0.15, 0.2) is 5.82 Å². The number of piperazine rings is 1. The molecular weight excluding hydrogens is 395 g/mol. The standard InChI is InChI=1S/C20H22F3N7/c1-13-10-14(2)30(27-13)19-11-18(25-15(3)26-19)29-8-6-28(7-9-29)17-5-4-16(12-24-17)20(21,22)23/h4-5,10-12H,6-9H2,1-3H3. The molecule has 7 nitrogen and oxygen atoms in total. The number of anilines is 2. The van der Waals surface area contributed by atoms with Crippen LogP contribution in [0.15, 0.2) is 30.5 Å². The van der Waals surface area contributed by atoms with E-state index in [9.17, 15) is 13.2 Å². The number of pyridine rings is 1. The van der Waals surface area contributed by atoms with E-state index < -0.39 is 11.7 Å². The van der Waals surface area contributed by atoms with Crippen LogP contribution in [0.25, 0.3) is 5.82 Å². The number of aromatic nitrogens is 5. The fraction of sp³-hybridized carbons (Fsp3) is 0.400. The van der Waals surface area contributed by atoms with E-state index in [0.717, 1.165) is 35.3 Å². The summed E-state index contributed by atoms with van der Waals surface area (Å²) in [5, 5.41) is 4.50. The first-order valence-electron chi connectivity index (χ1n) is 9.63. The van der Waals surface area contributed by atoms with Gasteiger partial charge in [-0.25, -0.2) is 19.6 Å². The van der Waals surface area contributed by atoms with Crippen LogP contribution in [0.2, 0.25) is 0 Å². The van der Waals surface area contributed by atoms with Gasteiger partial charge in [-0.15, -0.1) is 0 Å². The molecular formula is C20H22F3N7. The lowest BCUT2D eigenvalue weighted by molar-refractivity contribution is -0.137. The van der Waals surface area contributed by atoms with Crippen molar-refractivity contribution < 1.29 is 13.2 Å². The van der Waals surface area contributed by atoms with Gasteiger partial charge in [0.05, 0.1) is 11.3 Å². The fourth-order valence-electron chi connectivity index (χ4n) is 3.57. The summed E-state index contributed by atoms with van der Waals surface area (Å²) in [6, 6.07) is 6.41. The molecule has 158 valence electrons. The van der Waals surface area contributed by atoms with Crippen molar-refractivity contribution in [2.24, 2.45) is 0 Å². The molecule has 0 N–H and O–H groups in total. The summed E-state index contributed by atoms with van der Waals surface area (Å²) < 4.78 is 40.0. The average Bonchev–Trinajstić information content (AvgIpc) is 3.05. The van der Waals surface area contributed by atoms with Crippen molar-refractivity contribution in [3.63, 3.8) is 0 Å². The molecule has 0 spiro atoms. The summed E-state index contributed by atoms with van der Waals surface area (Å²) in [6.45, 7) is 8.39. The van der Waals surface area contributed by atoms with Gasteiger partial charge in [-0.05, 0) is 39.0 Å². The highest BCUT2D eigenvalue weighted by atomic mass is 19.4. The number of hydrogen-bond acceptors (Lipinski definition) is 6. The average molecular weight is 417 g/mol. The van der Waals surface area contributed by atoms with Crippen molar-refractivity contribution in [1.29, 1.82) is 0 Å². The molecule has 0 bridgehead atoms. The molecule has 0 aliphatic carbocycles. The highest BCUT2D eigenvalue weighted by Crippen LogP contribution is 2.29. The first-order valence-corrected chi connectivity index (χ1v) is 9.63. The molecule has 1 aliphatic heterocycles. The number of aryl methyl sites for hydroxylation is 3. The molecule has 0 aromatic carbocycles. The van der Waals surface area contributed by atoms with E-state index in [-0.39, 0.29) is 0 Å². The molecule has 0 amide bonds. The Kier molecular flexibility index (Phi) is 5.08. The van der Waals surface area contributed by atoms with Crippen molar-refractivity contribution >= 4 is 11.6 Å². The molecule has 3 aromatic heterocycles. The molecule has 30 heavy (non-hydrogen) atoms. The highest BCUT2D eigenvalue weighted by molar-refractivity contribution is 5.48. The largest absolute Gasteiger partial charge is 0.417 e. The van der Waals surface area contributed by atoms with Crippen molar-refractivity contribution in [1.82, 2.24) is 24.7 Å². The quantitative estimate of drug-likeness (QED) is 0.652. The second-order valence-corrected chi connectivity index (χ2v) is 7.35. The zero-order valence-corrected chi connectivity index (χ0v) is 17.0. The molecule has 0 atom stereocenters. The van der Waals surface area contributed by atoms with Crippen LogP contribution in [0.5, 0.6) is 0 Å². The number of hydrogen-bond donors (Lipinski definition) is 0. The predicted molar refractivity (Wildman–Crippen MR) is 107 cm³/mol. The second kappa shape index (κ2) is 7.58. The van der Waals surface area contributed by atoms with Crippen LogP contribution in [0.1, 0.15) is 22.8 Å². The van der Waals surface area contributed by atoms with E-state index in [0.29, 0.717) is 37.8 Å². The van der Waals surface area contributed by atoms with Crippen LogP contribution >= 0.6 is 0 Å². The molecule has 0 unspecified atom stereocenters. The third kappa shape index (κ3) is 4.07. The van der Waals surface area contributed by atoms with Crippen LogP contribution in [-0.2, 0) is 6.18 Å². The van der Waals surface area contributed by atoms with Crippen molar-refractivity contribution in [2.45, 2.75) is 26.9 Å². The molecule has 4 rings (SSSR count). The van der Waals surface area contributed by atoms with Gasteiger partial charge in [-0.2, -0.15) is 18.3 Å². The molecule has 1 aliphatic rings. The zero-order valence-electron chi connectivity index (χ0n) is 17.0. The Morgan fingerprint density at radius 2 is 1.47 bits per heavy atom. The normalized spacial score (nSPS) is 15.0. The number of alkyl halides is 3. The molecule has 10 heteroatoms. The summed E-state index contributed by atoms with van der Waals surface area (Å²) in [4.78, 5) is 17.2. The minimum absolute atomic E-state index is 0.546. The Bertz CT molecular complexity index is 1040. The molecule has 4 heterocycles. The fourth-order valence-corrected chi connectivity index (χ4v) is 3.57. The minimum atomic E-state index is -4.38. The Morgan fingerprint density at radius 1 is 0.833 bits per heavy atom. The third-order valence-electron chi connectivity index (χ3n) is 5.04. The SMILES string of the molecule is Cc1cc(C)n(-c2cc(N3CCN(c4ccc(C(F)(F)F)cn4)CC3)nc(C)n2)n1. The summed E-state index contributed by atoms with van der Waals surface area (Å²) in [5.74, 6) is 2.73. The van der Waals surface area contributed by atoms with Crippen LogP contribution in [0.4, 0.5) is 24.8 Å². The lowest BCUT2D eigenvalue weighted by atomic mass is 10.2. The Labute approximate surface area is 172 Å². The maximum atomic E-state index is 12.7. The van der Waals surface area contributed by atoms with Gasteiger partial charge < -0.3 is 9.80 Å². The van der Waals surface area contributed by atoms with Crippen LogP contribution in [0, 0.1) is 20.8 Å². The van der Waals surface area contributed by atoms with Gasteiger partial charge in [0.1, 0.15) is 17.5 Å². The molecule has 1 saturated heterocycles. The van der Waals surface area contributed by atoms with Crippen molar-refractivity contribution in [3.05, 3.63) is 53.2 Å². The van der Waals surface area contributed by atoms with Gasteiger partial charge in [-0.1, -0.05) is 0 Å². The minimum Gasteiger partial charge on any atom is -0.353 e. The lowest BCUT2D eigenvalue weighted by Gasteiger charge is -2.36. The summed E-state index contributed by atoms with van der Waals surface area (Å²) in [6.07, 6.45) is -3.49. The van der Waals surface area contributed by atoms with E-state index in [1.165, 1.54) is 6.07 Å². The van der Waals surface area contributed by atoms with E-state index in [2.05, 4.69) is 25.0 Å². The molecule has 1 fully saturated rings. The van der Waals surface area contributed by atoms with Gasteiger partial charge in [0.25, 0.3) is 0 Å². The van der Waals surface area contributed by atoms with E-state index in [1.807, 2.05) is 37.8 Å². The number of rotatable bonds is 3. The van der Waals surface area contributed by atoms with E-state index in [4.69, 9.17) is 0 Å². The number of halogens is 3. The Balaban J connectivity index is 1.48. The van der Waals surface area contributed by atoms with Gasteiger partial charge >= 0.3 is 6.18 Å². The Hall–Kier alpha value is -3.17. The van der Waals surface area contributed by atoms with Gasteiger partial charge in [-0.3, -0.25) is 0 Å². The third-order valence-corrected chi connectivity index (χ3v) is 5.04. The van der Waals surface area contributed by atoms with E-state index in [1.54, 1.807) is 4.68 Å². The highest BCUT2D eigenvalue weighted by Gasteiger charge is 2.31. The van der Waals surface area contributed by atoms with Crippen LogP contribution in [-0.4, -0.2) is 50.9 Å². The smallest absolute Gasteiger partial charge is 0.353 e. The maximum Gasteiger partial charge on any atom is 0.417 e. The summed E-state index contributed by atoms with van der Waals surface area (Å²) in [7, 11) is 0. The lowest BCUT2D eigenvalue weighted by Crippen LogP contribution is -2.47. The first kappa shape index (κ1) is 20.1.